The van der Waals surface area contributed by atoms with Crippen LogP contribution in [0.3, 0.4) is 0 Å². The van der Waals surface area contributed by atoms with E-state index in [0.29, 0.717) is 13.1 Å². The first-order valence-electron chi connectivity index (χ1n) is 7.38. The molecule has 1 unspecified atom stereocenters. The van der Waals surface area contributed by atoms with Gasteiger partial charge in [-0.1, -0.05) is 26.0 Å². The minimum atomic E-state index is -0.344. The predicted molar refractivity (Wildman–Crippen MR) is 83.2 cm³/mol. The summed E-state index contributed by atoms with van der Waals surface area (Å²) in [5.74, 6) is 0.861. The highest BCUT2D eigenvalue weighted by Gasteiger charge is 2.11. The first kappa shape index (κ1) is 17.0. The van der Waals surface area contributed by atoms with Crippen molar-refractivity contribution >= 4 is 0 Å². The topological polar surface area (TPSA) is 44.7 Å². The maximum Gasteiger partial charge on any atom is 0.119 e. The standard InChI is InChI=1S/C16H28N2O2/c1-5-18(6-2)12-15(19)11-17-13(3)14-8-7-9-16(10-14)20-4/h7-10,13,15,17,19H,5-6,11-12H2,1-4H3/t13-,15?/m1/s1. The van der Waals surface area contributed by atoms with Crippen molar-refractivity contribution in [1.29, 1.82) is 0 Å². The van der Waals surface area contributed by atoms with Crippen LogP contribution in [-0.4, -0.2) is 49.4 Å². The molecule has 1 aromatic rings. The zero-order valence-corrected chi connectivity index (χ0v) is 13.1. The van der Waals surface area contributed by atoms with Gasteiger partial charge in [-0.25, -0.2) is 0 Å². The Bertz CT molecular complexity index is 380. The van der Waals surface area contributed by atoms with E-state index in [1.165, 1.54) is 5.56 Å². The molecule has 0 bridgehead atoms. The lowest BCUT2D eigenvalue weighted by atomic mass is 10.1. The largest absolute Gasteiger partial charge is 0.497 e. The van der Waals surface area contributed by atoms with Gasteiger partial charge >= 0.3 is 0 Å². The molecular weight excluding hydrogens is 252 g/mol. The number of nitrogens with zero attached hydrogens (tertiary/aromatic N) is 1. The van der Waals surface area contributed by atoms with Crippen molar-refractivity contribution in [3.05, 3.63) is 29.8 Å². The van der Waals surface area contributed by atoms with Gasteiger partial charge in [-0.2, -0.15) is 0 Å². The summed E-state index contributed by atoms with van der Waals surface area (Å²) >= 11 is 0. The van der Waals surface area contributed by atoms with Crippen LogP contribution in [0.5, 0.6) is 5.75 Å². The molecule has 4 heteroatoms. The van der Waals surface area contributed by atoms with Gasteiger partial charge in [-0.3, -0.25) is 0 Å². The Labute approximate surface area is 122 Å². The molecule has 0 fully saturated rings. The molecule has 0 aliphatic rings. The fraction of sp³-hybridized carbons (Fsp3) is 0.625. The fourth-order valence-electron chi connectivity index (χ4n) is 2.19. The number of methoxy groups -OCH3 is 1. The van der Waals surface area contributed by atoms with Crippen molar-refractivity contribution in [3.63, 3.8) is 0 Å². The van der Waals surface area contributed by atoms with E-state index in [1.54, 1.807) is 7.11 Å². The molecule has 20 heavy (non-hydrogen) atoms. The van der Waals surface area contributed by atoms with Gasteiger partial charge in [-0.05, 0) is 37.7 Å². The summed E-state index contributed by atoms with van der Waals surface area (Å²) < 4.78 is 5.23. The normalized spacial score (nSPS) is 14.3. The summed E-state index contributed by atoms with van der Waals surface area (Å²) in [6.45, 7) is 9.57. The van der Waals surface area contributed by atoms with E-state index in [2.05, 4.69) is 37.1 Å². The molecular formula is C16H28N2O2. The van der Waals surface area contributed by atoms with E-state index in [4.69, 9.17) is 4.74 Å². The van der Waals surface area contributed by atoms with Gasteiger partial charge in [0.2, 0.25) is 0 Å². The molecule has 0 amide bonds. The molecule has 0 aliphatic carbocycles. The first-order chi connectivity index (χ1) is 9.60. The number of nitrogens with one attached hydrogen (secondary N) is 1. The molecule has 2 N–H and O–H groups in total. The summed E-state index contributed by atoms with van der Waals surface area (Å²) in [5, 5.41) is 13.4. The molecule has 0 aromatic heterocycles. The Kier molecular flexibility index (Phi) is 7.59. The Hall–Kier alpha value is -1.10. The van der Waals surface area contributed by atoms with Crippen LogP contribution in [0.15, 0.2) is 24.3 Å². The Balaban J connectivity index is 2.43. The van der Waals surface area contributed by atoms with Crippen LogP contribution in [0.25, 0.3) is 0 Å². The summed E-state index contributed by atoms with van der Waals surface area (Å²) in [5.41, 5.74) is 1.17. The van der Waals surface area contributed by atoms with E-state index in [0.717, 1.165) is 18.8 Å². The van der Waals surface area contributed by atoms with Gasteiger partial charge in [0.15, 0.2) is 0 Å². The number of ether oxygens (including phenoxy) is 1. The average molecular weight is 280 g/mol. The molecule has 2 atom stereocenters. The predicted octanol–water partition coefficient (Wildman–Crippen LogP) is 2.05. The van der Waals surface area contributed by atoms with E-state index >= 15 is 0 Å². The van der Waals surface area contributed by atoms with Gasteiger partial charge in [0, 0.05) is 19.1 Å². The van der Waals surface area contributed by atoms with Crippen LogP contribution in [0.2, 0.25) is 0 Å². The van der Waals surface area contributed by atoms with E-state index < -0.39 is 0 Å². The highest BCUT2D eigenvalue weighted by molar-refractivity contribution is 5.30. The minimum absolute atomic E-state index is 0.191. The summed E-state index contributed by atoms with van der Waals surface area (Å²) in [6.07, 6.45) is -0.344. The molecule has 114 valence electrons. The highest BCUT2D eigenvalue weighted by atomic mass is 16.5. The molecule has 1 aromatic carbocycles. The number of aliphatic hydroxyl groups is 1. The summed E-state index contributed by atoms with van der Waals surface area (Å²) in [6, 6.07) is 8.20. The Morgan fingerprint density at radius 2 is 2.00 bits per heavy atom. The second-order valence-electron chi connectivity index (χ2n) is 5.05. The molecule has 0 heterocycles. The van der Waals surface area contributed by atoms with Gasteiger partial charge in [0.1, 0.15) is 5.75 Å². The first-order valence-corrected chi connectivity index (χ1v) is 7.38. The number of aliphatic hydroxyl groups excluding tert-OH is 1. The lowest BCUT2D eigenvalue weighted by Crippen LogP contribution is -2.38. The van der Waals surface area contributed by atoms with Crippen molar-refractivity contribution in [2.75, 3.05) is 33.3 Å². The molecule has 0 radical (unpaired) electrons. The quantitative estimate of drug-likeness (QED) is 0.727. The second-order valence-corrected chi connectivity index (χ2v) is 5.05. The molecule has 0 saturated heterocycles. The van der Waals surface area contributed by atoms with Gasteiger partial charge in [0.25, 0.3) is 0 Å². The minimum Gasteiger partial charge on any atom is -0.497 e. The number of hydrogen-bond donors (Lipinski definition) is 2. The smallest absolute Gasteiger partial charge is 0.119 e. The Morgan fingerprint density at radius 3 is 2.60 bits per heavy atom. The summed E-state index contributed by atoms with van der Waals surface area (Å²) in [7, 11) is 1.67. The number of benzene rings is 1. The van der Waals surface area contributed by atoms with Gasteiger partial charge in [-0.15, -0.1) is 0 Å². The number of rotatable bonds is 9. The third-order valence-corrected chi connectivity index (χ3v) is 3.62. The van der Waals surface area contributed by atoms with Crippen LogP contribution < -0.4 is 10.1 Å². The SMILES string of the molecule is CCN(CC)CC(O)CN[C@H](C)c1cccc(OC)c1. The van der Waals surface area contributed by atoms with Gasteiger partial charge < -0.3 is 20.1 Å². The van der Waals surface area contributed by atoms with Crippen LogP contribution >= 0.6 is 0 Å². The van der Waals surface area contributed by atoms with Crippen LogP contribution in [-0.2, 0) is 0 Å². The molecule has 0 saturated carbocycles. The molecule has 4 nitrogen and oxygen atoms in total. The van der Waals surface area contributed by atoms with Gasteiger partial charge in [0.05, 0.1) is 13.2 Å². The fourth-order valence-corrected chi connectivity index (χ4v) is 2.19. The second kappa shape index (κ2) is 8.95. The van der Waals surface area contributed by atoms with Crippen molar-refractivity contribution < 1.29 is 9.84 Å². The van der Waals surface area contributed by atoms with Crippen molar-refractivity contribution in [2.24, 2.45) is 0 Å². The van der Waals surface area contributed by atoms with E-state index in [9.17, 15) is 5.11 Å². The highest BCUT2D eigenvalue weighted by Crippen LogP contribution is 2.18. The maximum atomic E-state index is 10.0. The van der Waals surface area contributed by atoms with Crippen molar-refractivity contribution in [2.45, 2.75) is 32.9 Å². The van der Waals surface area contributed by atoms with E-state index in [-0.39, 0.29) is 12.1 Å². The number of hydrogen-bond acceptors (Lipinski definition) is 4. The summed E-state index contributed by atoms with van der Waals surface area (Å²) in [4.78, 5) is 2.22. The lowest BCUT2D eigenvalue weighted by Gasteiger charge is -2.23. The van der Waals surface area contributed by atoms with Crippen molar-refractivity contribution in [3.8, 4) is 5.75 Å². The molecule has 0 aliphatic heterocycles. The average Bonchev–Trinajstić information content (AvgIpc) is 2.50. The maximum absolute atomic E-state index is 10.0. The zero-order chi connectivity index (χ0) is 15.0. The van der Waals surface area contributed by atoms with Crippen LogP contribution in [0, 0.1) is 0 Å². The Morgan fingerprint density at radius 1 is 1.30 bits per heavy atom. The van der Waals surface area contributed by atoms with Crippen LogP contribution in [0.4, 0.5) is 0 Å². The molecule has 1 rings (SSSR count). The lowest BCUT2D eigenvalue weighted by molar-refractivity contribution is 0.114. The molecule has 0 spiro atoms. The van der Waals surface area contributed by atoms with Crippen LogP contribution in [0.1, 0.15) is 32.4 Å². The zero-order valence-electron chi connectivity index (χ0n) is 13.1. The number of likely N-dealkylation sites (N-methyl/N-ethyl adjacent to an activating group) is 1. The third kappa shape index (κ3) is 5.49. The van der Waals surface area contributed by atoms with Crippen molar-refractivity contribution in [1.82, 2.24) is 10.2 Å². The van der Waals surface area contributed by atoms with E-state index in [1.807, 2.05) is 18.2 Å². The third-order valence-electron chi connectivity index (χ3n) is 3.62. The monoisotopic (exact) mass is 280 g/mol.